The van der Waals surface area contributed by atoms with Crippen molar-refractivity contribution >= 4 is 33.3 Å². The number of aromatic nitrogens is 1. The number of ketones is 1. The van der Waals surface area contributed by atoms with Crippen LogP contribution in [0.5, 0.6) is 0 Å². The van der Waals surface area contributed by atoms with Crippen LogP contribution >= 0.6 is 15.9 Å². The number of amides is 1. The van der Waals surface area contributed by atoms with Crippen molar-refractivity contribution in [2.75, 3.05) is 4.90 Å². The van der Waals surface area contributed by atoms with Gasteiger partial charge < -0.3 is 4.90 Å². The Hall–Kier alpha value is -2.01. The maximum absolute atomic E-state index is 12.1. The molecule has 5 heteroatoms. The van der Waals surface area contributed by atoms with E-state index in [1.807, 2.05) is 12.1 Å². The summed E-state index contributed by atoms with van der Waals surface area (Å²) >= 11 is 3.32. The number of anilines is 1. The van der Waals surface area contributed by atoms with E-state index in [9.17, 15) is 9.59 Å². The van der Waals surface area contributed by atoms with Crippen molar-refractivity contribution < 1.29 is 9.59 Å². The van der Waals surface area contributed by atoms with E-state index in [0.29, 0.717) is 22.3 Å². The lowest BCUT2D eigenvalue weighted by molar-refractivity contribution is -0.114. The van der Waals surface area contributed by atoms with E-state index in [2.05, 4.69) is 20.9 Å². The highest BCUT2D eigenvalue weighted by Crippen LogP contribution is 2.35. The molecule has 3 rings (SSSR count). The molecule has 0 aliphatic carbocycles. The Morgan fingerprint density at radius 2 is 2.00 bits per heavy atom. The number of benzene rings is 1. The second-order valence-corrected chi connectivity index (χ2v) is 5.07. The van der Waals surface area contributed by atoms with Gasteiger partial charge in [0.2, 0.25) is 0 Å². The fraction of sp³-hybridized carbons (Fsp3) is 0.0714. The summed E-state index contributed by atoms with van der Waals surface area (Å²) < 4.78 is 0.650. The Morgan fingerprint density at radius 1 is 1.16 bits per heavy atom. The summed E-state index contributed by atoms with van der Waals surface area (Å²) in [6, 6.07) is 9.03. The smallest absolute Gasteiger partial charge is 0.299 e. The molecular weight excluding hydrogens is 308 g/mol. The molecular formula is C14H9BrN2O2. The third-order valence-electron chi connectivity index (χ3n) is 3.01. The van der Waals surface area contributed by atoms with Crippen LogP contribution < -0.4 is 4.90 Å². The molecule has 94 valence electrons. The van der Waals surface area contributed by atoms with Crippen molar-refractivity contribution in [2.45, 2.75) is 6.54 Å². The molecule has 1 aromatic carbocycles. The summed E-state index contributed by atoms with van der Waals surface area (Å²) in [5.41, 5.74) is 1.97. The van der Waals surface area contributed by atoms with Crippen molar-refractivity contribution in [2.24, 2.45) is 0 Å². The molecule has 0 bridgehead atoms. The topological polar surface area (TPSA) is 50.3 Å². The standard InChI is InChI=1S/C14H9BrN2O2/c15-10-4-1-5-11-12(10)13(18)14(19)17(11)8-9-3-2-6-16-7-9/h1-7H,8H2. The number of halogens is 1. The molecule has 1 amide bonds. The van der Waals surface area contributed by atoms with Crippen LogP contribution in [0.3, 0.4) is 0 Å². The van der Waals surface area contributed by atoms with Gasteiger partial charge in [-0.15, -0.1) is 0 Å². The lowest BCUT2D eigenvalue weighted by Crippen LogP contribution is -2.29. The summed E-state index contributed by atoms with van der Waals surface area (Å²) in [6.45, 7) is 0.349. The first-order valence-corrected chi connectivity index (χ1v) is 6.51. The van der Waals surface area contributed by atoms with E-state index in [1.165, 1.54) is 4.90 Å². The molecule has 0 saturated carbocycles. The predicted octanol–water partition coefficient (Wildman–Crippen LogP) is 2.57. The van der Waals surface area contributed by atoms with Crippen molar-refractivity contribution in [3.8, 4) is 0 Å². The minimum atomic E-state index is -0.495. The van der Waals surface area contributed by atoms with Gasteiger partial charge in [-0.3, -0.25) is 14.6 Å². The number of hydrogen-bond acceptors (Lipinski definition) is 3. The summed E-state index contributed by atoms with van der Waals surface area (Å²) in [7, 11) is 0. The number of Topliss-reactive ketones (excluding diaryl/α,β-unsaturated/α-hetero) is 1. The Bertz CT molecular complexity index is 670. The monoisotopic (exact) mass is 316 g/mol. The maximum atomic E-state index is 12.1. The van der Waals surface area contributed by atoms with Crippen LogP contribution in [0.4, 0.5) is 5.69 Å². The molecule has 0 atom stereocenters. The van der Waals surface area contributed by atoms with Gasteiger partial charge in [0.15, 0.2) is 0 Å². The highest BCUT2D eigenvalue weighted by Gasteiger charge is 2.37. The zero-order valence-corrected chi connectivity index (χ0v) is 11.4. The summed E-state index contributed by atoms with van der Waals surface area (Å²) in [5, 5.41) is 0. The van der Waals surface area contributed by atoms with E-state index < -0.39 is 11.7 Å². The minimum Gasteiger partial charge on any atom is -0.300 e. The van der Waals surface area contributed by atoms with Gasteiger partial charge in [0.1, 0.15) is 0 Å². The summed E-state index contributed by atoms with van der Waals surface area (Å²) in [6.07, 6.45) is 3.36. The normalized spacial score (nSPS) is 13.8. The molecule has 0 fully saturated rings. The number of carbonyl (C=O) groups is 2. The van der Waals surface area contributed by atoms with Gasteiger partial charge in [-0.1, -0.05) is 12.1 Å². The van der Waals surface area contributed by atoms with Crippen molar-refractivity contribution in [3.63, 3.8) is 0 Å². The molecule has 2 heterocycles. The molecule has 1 aliphatic rings. The third-order valence-corrected chi connectivity index (χ3v) is 3.67. The van der Waals surface area contributed by atoms with Crippen LogP contribution in [0, 0.1) is 0 Å². The van der Waals surface area contributed by atoms with Gasteiger partial charge in [-0.05, 0) is 39.7 Å². The predicted molar refractivity (Wildman–Crippen MR) is 73.9 cm³/mol. The molecule has 0 radical (unpaired) electrons. The molecule has 0 spiro atoms. The highest BCUT2D eigenvalue weighted by atomic mass is 79.9. The quantitative estimate of drug-likeness (QED) is 0.800. The van der Waals surface area contributed by atoms with E-state index in [1.54, 1.807) is 30.6 Å². The fourth-order valence-corrected chi connectivity index (χ4v) is 2.67. The van der Waals surface area contributed by atoms with Gasteiger partial charge in [-0.25, -0.2) is 0 Å². The SMILES string of the molecule is O=C1C(=O)N(Cc2cccnc2)c2cccc(Br)c21. The number of rotatable bonds is 2. The molecule has 19 heavy (non-hydrogen) atoms. The van der Waals surface area contributed by atoms with Crippen LogP contribution in [0.2, 0.25) is 0 Å². The van der Waals surface area contributed by atoms with Crippen LogP contribution in [-0.2, 0) is 11.3 Å². The maximum Gasteiger partial charge on any atom is 0.299 e. The Kier molecular flexibility index (Phi) is 2.91. The summed E-state index contributed by atoms with van der Waals surface area (Å²) in [4.78, 5) is 29.5. The highest BCUT2D eigenvalue weighted by molar-refractivity contribution is 9.10. The number of nitrogens with zero attached hydrogens (tertiary/aromatic N) is 2. The first-order chi connectivity index (χ1) is 9.18. The van der Waals surface area contributed by atoms with Gasteiger partial charge in [0.25, 0.3) is 11.7 Å². The zero-order chi connectivity index (χ0) is 13.4. The van der Waals surface area contributed by atoms with Crippen LogP contribution in [0.25, 0.3) is 0 Å². The number of fused-ring (bicyclic) bond motifs is 1. The van der Waals surface area contributed by atoms with Crippen LogP contribution in [-0.4, -0.2) is 16.7 Å². The van der Waals surface area contributed by atoms with E-state index in [-0.39, 0.29) is 0 Å². The molecule has 2 aromatic rings. The van der Waals surface area contributed by atoms with Crippen LogP contribution in [0.1, 0.15) is 15.9 Å². The molecule has 4 nitrogen and oxygen atoms in total. The Labute approximate surface area is 118 Å². The largest absolute Gasteiger partial charge is 0.300 e. The Balaban J connectivity index is 2.03. The van der Waals surface area contributed by atoms with Gasteiger partial charge in [0.05, 0.1) is 17.8 Å². The minimum absolute atomic E-state index is 0.349. The molecule has 0 N–H and O–H groups in total. The molecule has 1 aromatic heterocycles. The average Bonchev–Trinajstić information content (AvgIpc) is 2.66. The second-order valence-electron chi connectivity index (χ2n) is 4.22. The molecule has 0 saturated heterocycles. The zero-order valence-electron chi connectivity index (χ0n) is 9.84. The third kappa shape index (κ3) is 1.96. The first-order valence-electron chi connectivity index (χ1n) is 5.72. The summed E-state index contributed by atoms with van der Waals surface area (Å²) in [5.74, 6) is -0.961. The van der Waals surface area contributed by atoms with Gasteiger partial charge in [-0.2, -0.15) is 0 Å². The van der Waals surface area contributed by atoms with Crippen molar-refractivity contribution in [1.82, 2.24) is 4.98 Å². The molecule has 1 aliphatic heterocycles. The number of hydrogen-bond donors (Lipinski definition) is 0. The number of carbonyl (C=O) groups excluding carboxylic acids is 2. The van der Waals surface area contributed by atoms with E-state index >= 15 is 0 Å². The van der Waals surface area contributed by atoms with Gasteiger partial charge in [0, 0.05) is 16.9 Å². The second kappa shape index (κ2) is 4.59. The molecule has 0 unspecified atom stereocenters. The average molecular weight is 317 g/mol. The van der Waals surface area contributed by atoms with Crippen molar-refractivity contribution in [1.29, 1.82) is 0 Å². The lowest BCUT2D eigenvalue weighted by atomic mass is 10.1. The van der Waals surface area contributed by atoms with E-state index in [4.69, 9.17) is 0 Å². The van der Waals surface area contributed by atoms with Crippen LogP contribution in [0.15, 0.2) is 47.2 Å². The van der Waals surface area contributed by atoms with Gasteiger partial charge >= 0.3 is 0 Å². The Morgan fingerprint density at radius 3 is 2.74 bits per heavy atom. The van der Waals surface area contributed by atoms with E-state index in [0.717, 1.165) is 5.56 Å². The fourth-order valence-electron chi connectivity index (χ4n) is 2.13. The first kappa shape index (κ1) is 12.0. The lowest BCUT2D eigenvalue weighted by Gasteiger charge is -2.16. The number of pyridine rings is 1. The van der Waals surface area contributed by atoms with Crippen molar-refractivity contribution in [3.05, 3.63) is 58.3 Å².